The molecule has 0 amide bonds. The molecule has 0 bridgehead atoms. The third kappa shape index (κ3) is 4.57. The normalized spacial score (nSPS) is 19.4. The highest BCUT2D eigenvalue weighted by Crippen LogP contribution is 2.22. The Morgan fingerprint density at radius 2 is 1.71 bits per heavy atom. The first-order valence-electron chi connectivity index (χ1n) is 6.84. The molecule has 0 aromatic heterocycles. The second-order valence-electron chi connectivity index (χ2n) is 5.18. The summed E-state index contributed by atoms with van der Waals surface area (Å²) in [5.74, 6) is -0.316. The molecule has 118 valence electrons. The molecule has 1 fully saturated rings. The van der Waals surface area contributed by atoms with Gasteiger partial charge in [0, 0.05) is 38.4 Å². The number of aliphatic hydroxyl groups is 1. The number of alkyl halides is 3. The van der Waals surface area contributed by atoms with Crippen LogP contribution in [0.3, 0.4) is 0 Å². The second kappa shape index (κ2) is 6.62. The van der Waals surface area contributed by atoms with Crippen LogP contribution in [0.4, 0.5) is 23.2 Å². The molecule has 1 atom stereocenters. The van der Waals surface area contributed by atoms with Gasteiger partial charge in [-0.05, 0) is 30.7 Å². The van der Waals surface area contributed by atoms with Gasteiger partial charge in [-0.25, -0.2) is 4.39 Å². The minimum atomic E-state index is -4.58. The molecule has 2 rings (SSSR count). The Morgan fingerprint density at radius 1 is 1.05 bits per heavy atom. The van der Waals surface area contributed by atoms with Gasteiger partial charge >= 0.3 is 6.18 Å². The Bertz CT molecular complexity index is 449. The van der Waals surface area contributed by atoms with Gasteiger partial charge < -0.3 is 10.0 Å². The van der Waals surface area contributed by atoms with Crippen molar-refractivity contribution < 1.29 is 22.7 Å². The largest absolute Gasteiger partial charge is 0.415 e. The Kier molecular flexibility index (Phi) is 5.05. The standard InChI is InChI=1S/C14H18F4N2O/c15-11-2-4-12(5-3-11)20-7-1-6-19(8-9-20)10-13(21)14(16,17)18/h2-5,13,21H,1,6-10H2/t13-/m0/s1. The lowest BCUT2D eigenvalue weighted by molar-refractivity contribution is -0.208. The second-order valence-corrected chi connectivity index (χ2v) is 5.18. The molecule has 0 saturated carbocycles. The van der Waals surface area contributed by atoms with Gasteiger partial charge in [-0.15, -0.1) is 0 Å². The van der Waals surface area contributed by atoms with Crippen molar-refractivity contribution in [3.63, 3.8) is 0 Å². The summed E-state index contributed by atoms with van der Waals surface area (Å²) in [6.07, 6.45) is -6.19. The van der Waals surface area contributed by atoms with Crippen LogP contribution in [0.5, 0.6) is 0 Å². The zero-order valence-electron chi connectivity index (χ0n) is 11.5. The number of nitrogens with zero attached hydrogens (tertiary/aromatic N) is 2. The van der Waals surface area contributed by atoms with Gasteiger partial charge in [-0.3, -0.25) is 4.90 Å². The number of rotatable bonds is 3. The molecule has 0 aliphatic carbocycles. The van der Waals surface area contributed by atoms with Crippen LogP contribution in [0.25, 0.3) is 0 Å². The Hall–Kier alpha value is -1.34. The summed E-state index contributed by atoms with van der Waals surface area (Å²) in [6.45, 7) is 1.79. The maximum Gasteiger partial charge on any atom is 0.415 e. The molecule has 1 saturated heterocycles. The third-order valence-electron chi connectivity index (χ3n) is 3.59. The van der Waals surface area contributed by atoms with E-state index in [-0.39, 0.29) is 5.82 Å². The fourth-order valence-corrected chi connectivity index (χ4v) is 2.41. The smallest absolute Gasteiger partial charge is 0.382 e. The molecule has 1 aliphatic rings. The van der Waals surface area contributed by atoms with Crippen molar-refractivity contribution in [3.05, 3.63) is 30.1 Å². The molecule has 1 heterocycles. The van der Waals surface area contributed by atoms with Crippen molar-refractivity contribution in [2.75, 3.05) is 37.6 Å². The topological polar surface area (TPSA) is 26.7 Å². The SMILES string of the molecule is O[C@@H](CN1CCCN(c2ccc(F)cc2)CC1)C(F)(F)F. The van der Waals surface area contributed by atoms with Crippen molar-refractivity contribution in [1.29, 1.82) is 0 Å². The molecule has 0 unspecified atom stereocenters. The quantitative estimate of drug-likeness (QED) is 0.868. The minimum Gasteiger partial charge on any atom is -0.382 e. The number of halogens is 4. The monoisotopic (exact) mass is 306 g/mol. The summed E-state index contributed by atoms with van der Waals surface area (Å²) in [7, 11) is 0. The van der Waals surface area contributed by atoms with E-state index < -0.39 is 18.8 Å². The van der Waals surface area contributed by atoms with Crippen molar-refractivity contribution in [2.45, 2.75) is 18.7 Å². The molecule has 0 radical (unpaired) electrons. The number of hydrogen-bond acceptors (Lipinski definition) is 3. The fraction of sp³-hybridized carbons (Fsp3) is 0.571. The van der Waals surface area contributed by atoms with Crippen LogP contribution in [0, 0.1) is 5.82 Å². The lowest BCUT2D eigenvalue weighted by atomic mass is 10.2. The molecular weight excluding hydrogens is 288 g/mol. The van der Waals surface area contributed by atoms with Crippen molar-refractivity contribution in [1.82, 2.24) is 4.90 Å². The average Bonchev–Trinajstić information content (AvgIpc) is 2.64. The van der Waals surface area contributed by atoms with Gasteiger partial charge in [0.2, 0.25) is 0 Å². The van der Waals surface area contributed by atoms with Gasteiger partial charge in [-0.2, -0.15) is 13.2 Å². The first kappa shape index (κ1) is 16.0. The van der Waals surface area contributed by atoms with Gasteiger partial charge in [-0.1, -0.05) is 0 Å². The Morgan fingerprint density at radius 3 is 2.33 bits per heavy atom. The summed E-state index contributed by atoms with van der Waals surface area (Å²) >= 11 is 0. The molecule has 1 aromatic carbocycles. The van der Waals surface area contributed by atoms with Crippen molar-refractivity contribution in [3.8, 4) is 0 Å². The maximum absolute atomic E-state index is 12.9. The highest BCUT2D eigenvalue weighted by Gasteiger charge is 2.39. The van der Waals surface area contributed by atoms with Crippen LogP contribution in [-0.2, 0) is 0 Å². The molecule has 1 aliphatic heterocycles. The molecule has 0 spiro atoms. The minimum absolute atomic E-state index is 0.316. The van der Waals surface area contributed by atoms with Crippen molar-refractivity contribution in [2.24, 2.45) is 0 Å². The van der Waals surface area contributed by atoms with Crippen LogP contribution >= 0.6 is 0 Å². The first-order valence-corrected chi connectivity index (χ1v) is 6.84. The van der Waals surface area contributed by atoms with Crippen LogP contribution in [0.1, 0.15) is 6.42 Å². The van der Waals surface area contributed by atoms with E-state index >= 15 is 0 Å². The molecule has 7 heteroatoms. The van der Waals surface area contributed by atoms with Gasteiger partial charge in [0.15, 0.2) is 6.10 Å². The third-order valence-corrected chi connectivity index (χ3v) is 3.59. The number of benzene rings is 1. The molecule has 3 nitrogen and oxygen atoms in total. The average molecular weight is 306 g/mol. The van der Waals surface area contributed by atoms with E-state index in [0.29, 0.717) is 32.6 Å². The van der Waals surface area contributed by atoms with Crippen molar-refractivity contribution >= 4 is 5.69 Å². The number of β-amino-alcohol motifs (C(OH)–C–C–N with tert-alkyl or cyclic N) is 1. The lowest BCUT2D eigenvalue weighted by Gasteiger charge is -2.25. The highest BCUT2D eigenvalue weighted by atomic mass is 19.4. The maximum atomic E-state index is 12.9. The summed E-state index contributed by atoms with van der Waals surface area (Å²) in [4.78, 5) is 3.63. The van der Waals surface area contributed by atoms with E-state index in [1.165, 1.54) is 12.1 Å². The summed E-state index contributed by atoms with van der Waals surface area (Å²) in [6, 6.07) is 6.06. The first-order chi connectivity index (χ1) is 9.86. The zero-order chi connectivity index (χ0) is 15.5. The molecule has 1 N–H and O–H groups in total. The predicted octanol–water partition coefficient (Wildman–Crippen LogP) is 2.26. The molecule has 21 heavy (non-hydrogen) atoms. The van der Waals surface area contributed by atoms with Crippen LogP contribution in [0.15, 0.2) is 24.3 Å². The van der Waals surface area contributed by atoms with Gasteiger partial charge in [0.1, 0.15) is 5.82 Å². The van der Waals surface area contributed by atoms with E-state index in [2.05, 4.69) is 0 Å². The summed E-state index contributed by atoms with van der Waals surface area (Å²) in [5, 5.41) is 9.12. The fourth-order valence-electron chi connectivity index (χ4n) is 2.41. The van der Waals surface area contributed by atoms with E-state index in [4.69, 9.17) is 5.11 Å². The van der Waals surface area contributed by atoms with Crippen LogP contribution in [0.2, 0.25) is 0 Å². The van der Waals surface area contributed by atoms with E-state index in [1.807, 2.05) is 4.90 Å². The molecule has 1 aromatic rings. The highest BCUT2D eigenvalue weighted by molar-refractivity contribution is 5.46. The van der Waals surface area contributed by atoms with Crippen LogP contribution < -0.4 is 4.90 Å². The van der Waals surface area contributed by atoms with Crippen LogP contribution in [-0.4, -0.2) is 55.0 Å². The van der Waals surface area contributed by atoms with E-state index in [9.17, 15) is 17.6 Å². The lowest BCUT2D eigenvalue weighted by Crippen LogP contribution is -2.42. The predicted molar refractivity (Wildman–Crippen MR) is 71.7 cm³/mol. The Balaban J connectivity index is 1.91. The summed E-state index contributed by atoms with van der Waals surface area (Å²) < 4.78 is 50.0. The van der Waals surface area contributed by atoms with Gasteiger partial charge in [0.25, 0.3) is 0 Å². The number of anilines is 1. The number of aliphatic hydroxyl groups excluding tert-OH is 1. The Labute approximate surface area is 120 Å². The van der Waals surface area contributed by atoms with E-state index in [0.717, 1.165) is 5.69 Å². The zero-order valence-corrected chi connectivity index (χ0v) is 11.5. The number of hydrogen-bond donors (Lipinski definition) is 1. The van der Waals surface area contributed by atoms with Gasteiger partial charge in [0.05, 0.1) is 0 Å². The molecular formula is C14H18F4N2O. The summed E-state index contributed by atoms with van der Waals surface area (Å²) in [5.41, 5.74) is 0.856. The van der Waals surface area contributed by atoms with E-state index in [1.54, 1.807) is 17.0 Å².